The van der Waals surface area contributed by atoms with Crippen molar-refractivity contribution in [3.8, 4) is 0 Å². The van der Waals surface area contributed by atoms with E-state index in [1.165, 1.54) is 6.42 Å². The molecule has 1 unspecified atom stereocenters. The van der Waals surface area contributed by atoms with Gasteiger partial charge >= 0.3 is 0 Å². The maximum Gasteiger partial charge on any atom is 0.220 e. The van der Waals surface area contributed by atoms with Crippen molar-refractivity contribution < 1.29 is 9.90 Å². The molecule has 0 aromatic carbocycles. The number of aliphatic hydroxyl groups excluding tert-OH is 1. The molecule has 19 heavy (non-hydrogen) atoms. The second-order valence-corrected chi connectivity index (χ2v) is 5.85. The minimum absolute atomic E-state index is 0.0688. The van der Waals surface area contributed by atoms with Crippen LogP contribution < -0.4 is 10.6 Å². The van der Waals surface area contributed by atoms with E-state index in [0.717, 1.165) is 38.8 Å². The summed E-state index contributed by atoms with van der Waals surface area (Å²) in [6, 6.07) is 0. The molecule has 1 atom stereocenters. The summed E-state index contributed by atoms with van der Waals surface area (Å²) < 4.78 is 0. The minimum Gasteiger partial charge on any atom is -0.396 e. The Morgan fingerprint density at radius 2 is 2.16 bits per heavy atom. The normalized spacial score (nSPS) is 19.6. The van der Waals surface area contributed by atoms with E-state index in [0.29, 0.717) is 18.9 Å². The van der Waals surface area contributed by atoms with E-state index in [1.54, 1.807) is 0 Å². The van der Waals surface area contributed by atoms with E-state index < -0.39 is 0 Å². The van der Waals surface area contributed by atoms with Crippen LogP contribution in [0.2, 0.25) is 0 Å². The number of hydrogen-bond acceptors (Lipinski definition) is 3. The lowest BCUT2D eigenvalue weighted by Crippen LogP contribution is -2.37. The molecule has 0 bridgehead atoms. The van der Waals surface area contributed by atoms with E-state index in [9.17, 15) is 4.79 Å². The second-order valence-electron chi connectivity index (χ2n) is 5.85. The highest BCUT2D eigenvalue weighted by Gasteiger charge is 2.26. The quantitative estimate of drug-likeness (QED) is 0.597. The second kappa shape index (κ2) is 8.54. The molecule has 4 heteroatoms. The number of amides is 1. The van der Waals surface area contributed by atoms with Gasteiger partial charge in [-0.1, -0.05) is 13.8 Å². The predicted octanol–water partition coefficient (Wildman–Crippen LogP) is 1.68. The third kappa shape index (κ3) is 5.49. The SMILES string of the molecule is CCC(CC)(CCO)CNC(=O)CCC1CCNC1. The van der Waals surface area contributed by atoms with Crippen LogP contribution in [0.3, 0.4) is 0 Å². The molecule has 1 rings (SSSR count). The van der Waals surface area contributed by atoms with Crippen molar-refractivity contribution in [1.82, 2.24) is 10.6 Å². The van der Waals surface area contributed by atoms with Crippen molar-refractivity contribution in [3.63, 3.8) is 0 Å². The first-order valence-electron chi connectivity index (χ1n) is 7.74. The van der Waals surface area contributed by atoms with Crippen LogP contribution in [0.25, 0.3) is 0 Å². The summed E-state index contributed by atoms with van der Waals surface area (Å²) in [5, 5.41) is 15.5. The zero-order valence-corrected chi connectivity index (χ0v) is 12.5. The van der Waals surface area contributed by atoms with Gasteiger partial charge < -0.3 is 15.7 Å². The summed E-state index contributed by atoms with van der Waals surface area (Å²) in [6.07, 6.45) is 5.59. The van der Waals surface area contributed by atoms with Crippen molar-refractivity contribution in [2.45, 2.75) is 52.4 Å². The smallest absolute Gasteiger partial charge is 0.220 e. The van der Waals surface area contributed by atoms with Crippen LogP contribution in [-0.2, 0) is 4.79 Å². The average Bonchev–Trinajstić information content (AvgIpc) is 2.94. The minimum atomic E-state index is 0.0688. The molecule has 0 aromatic rings. The van der Waals surface area contributed by atoms with E-state index in [-0.39, 0.29) is 17.9 Å². The molecule has 1 amide bonds. The van der Waals surface area contributed by atoms with E-state index in [2.05, 4.69) is 24.5 Å². The monoisotopic (exact) mass is 270 g/mol. The number of hydrogen-bond donors (Lipinski definition) is 3. The van der Waals surface area contributed by atoms with Gasteiger partial charge in [0.2, 0.25) is 5.91 Å². The fourth-order valence-electron chi connectivity index (χ4n) is 2.85. The topological polar surface area (TPSA) is 61.4 Å². The van der Waals surface area contributed by atoms with Crippen LogP contribution in [0.4, 0.5) is 0 Å². The van der Waals surface area contributed by atoms with Crippen LogP contribution in [0, 0.1) is 11.3 Å². The van der Waals surface area contributed by atoms with E-state index >= 15 is 0 Å². The summed E-state index contributed by atoms with van der Waals surface area (Å²) in [6.45, 7) is 7.32. The first-order valence-corrected chi connectivity index (χ1v) is 7.74. The molecular formula is C15H30N2O2. The Bertz CT molecular complexity index is 259. The van der Waals surface area contributed by atoms with E-state index in [4.69, 9.17) is 5.11 Å². The van der Waals surface area contributed by atoms with E-state index in [1.807, 2.05) is 0 Å². The maximum absolute atomic E-state index is 11.9. The number of nitrogens with one attached hydrogen (secondary N) is 2. The summed E-state index contributed by atoms with van der Waals surface area (Å²) in [5.41, 5.74) is 0.0688. The largest absolute Gasteiger partial charge is 0.396 e. The zero-order valence-electron chi connectivity index (χ0n) is 12.5. The highest BCUT2D eigenvalue weighted by molar-refractivity contribution is 5.75. The molecule has 1 fully saturated rings. The highest BCUT2D eigenvalue weighted by Crippen LogP contribution is 2.29. The number of aliphatic hydroxyl groups is 1. The predicted molar refractivity (Wildman–Crippen MR) is 77.9 cm³/mol. The van der Waals surface area contributed by atoms with Crippen molar-refractivity contribution in [3.05, 3.63) is 0 Å². The van der Waals surface area contributed by atoms with Gasteiger partial charge in [-0.15, -0.1) is 0 Å². The molecule has 1 saturated heterocycles. The van der Waals surface area contributed by atoms with Crippen LogP contribution in [0.1, 0.15) is 52.4 Å². The highest BCUT2D eigenvalue weighted by atomic mass is 16.3. The first kappa shape index (κ1) is 16.4. The van der Waals surface area contributed by atoms with Crippen molar-refractivity contribution in [2.24, 2.45) is 11.3 Å². The molecule has 112 valence electrons. The van der Waals surface area contributed by atoms with Gasteiger partial charge in [0.15, 0.2) is 0 Å². The van der Waals surface area contributed by atoms with Crippen molar-refractivity contribution >= 4 is 5.91 Å². The third-order valence-corrected chi connectivity index (χ3v) is 4.74. The molecule has 1 aliphatic heterocycles. The molecule has 0 saturated carbocycles. The first-order chi connectivity index (χ1) is 9.15. The number of rotatable bonds is 9. The fraction of sp³-hybridized carbons (Fsp3) is 0.933. The Hall–Kier alpha value is -0.610. The van der Waals surface area contributed by atoms with Gasteiger partial charge in [-0.25, -0.2) is 0 Å². The summed E-state index contributed by atoms with van der Waals surface area (Å²) in [5.74, 6) is 0.835. The molecule has 4 nitrogen and oxygen atoms in total. The van der Waals surface area contributed by atoms with Gasteiger partial charge in [-0.05, 0) is 56.5 Å². The Kier molecular flexibility index (Phi) is 7.39. The molecule has 3 N–H and O–H groups in total. The van der Waals surface area contributed by atoms with Crippen LogP contribution in [0.5, 0.6) is 0 Å². The Morgan fingerprint density at radius 1 is 1.42 bits per heavy atom. The maximum atomic E-state index is 11.9. The molecule has 0 aromatic heterocycles. The lowest BCUT2D eigenvalue weighted by atomic mass is 9.79. The van der Waals surface area contributed by atoms with Gasteiger partial charge in [0, 0.05) is 19.6 Å². The Balaban J connectivity index is 2.26. The van der Waals surface area contributed by atoms with Gasteiger partial charge in [-0.2, -0.15) is 0 Å². The number of carbonyl (C=O) groups excluding carboxylic acids is 1. The van der Waals surface area contributed by atoms with Crippen LogP contribution in [-0.4, -0.2) is 37.3 Å². The summed E-state index contributed by atoms with van der Waals surface area (Å²) in [4.78, 5) is 11.9. The summed E-state index contributed by atoms with van der Waals surface area (Å²) >= 11 is 0. The number of carbonyl (C=O) groups is 1. The Morgan fingerprint density at radius 3 is 2.68 bits per heavy atom. The summed E-state index contributed by atoms with van der Waals surface area (Å²) in [7, 11) is 0. The molecule has 1 heterocycles. The van der Waals surface area contributed by atoms with Crippen molar-refractivity contribution in [2.75, 3.05) is 26.2 Å². The zero-order chi connectivity index (χ0) is 14.1. The van der Waals surface area contributed by atoms with Crippen LogP contribution >= 0.6 is 0 Å². The lowest BCUT2D eigenvalue weighted by molar-refractivity contribution is -0.122. The van der Waals surface area contributed by atoms with Crippen LogP contribution in [0.15, 0.2) is 0 Å². The fourth-order valence-corrected chi connectivity index (χ4v) is 2.85. The van der Waals surface area contributed by atoms with Gasteiger partial charge in [0.05, 0.1) is 0 Å². The molecular weight excluding hydrogens is 240 g/mol. The molecule has 1 aliphatic rings. The Labute approximate surface area is 117 Å². The standard InChI is InChI=1S/C15H30N2O2/c1-3-15(4-2,8-10-18)12-17-14(19)6-5-13-7-9-16-11-13/h13,16,18H,3-12H2,1-2H3,(H,17,19). The molecule has 0 radical (unpaired) electrons. The van der Waals surface area contributed by atoms with Gasteiger partial charge in [0.1, 0.15) is 0 Å². The molecule has 0 spiro atoms. The average molecular weight is 270 g/mol. The van der Waals surface area contributed by atoms with Gasteiger partial charge in [0.25, 0.3) is 0 Å². The van der Waals surface area contributed by atoms with Crippen molar-refractivity contribution in [1.29, 1.82) is 0 Å². The third-order valence-electron chi connectivity index (χ3n) is 4.74. The lowest BCUT2D eigenvalue weighted by Gasteiger charge is -2.31. The van der Waals surface area contributed by atoms with Gasteiger partial charge in [-0.3, -0.25) is 4.79 Å². The molecule has 0 aliphatic carbocycles.